The maximum Gasteiger partial charge on any atom is 0.183 e. The Balaban J connectivity index is 2.26. The number of hydrogen-bond donors (Lipinski definition) is 1. The molecule has 3 heterocycles. The van der Waals surface area contributed by atoms with Crippen LogP contribution in [0, 0.1) is 6.92 Å². The van der Waals surface area contributed by atoms with E-state index in [1.165, 1.54) is 0 Å². The van der Waals surface area contributed by atoms with Crippen molar-refractivity contribution in [2.24, 2.45) is 0 Å². The van der Waals surface area contributed by atoms with E-state index in [-0.39, 0.29) is 0 Å². The van der Waals surface area contributed by atoms with Crippen molar-refractivity contribution in [1.29, 1.82) is 0 Å². The summed E-state index contributed by atoms with van der Waals surface area (Å²) >= 11 is 1.65. The molecule has 3 aromatic heterocycles. The minimum Gasteiger partial charge on any atom is -0.365 e. The van der Waals surface area contributed by atoms with E-state index in [9.17, 15) is 0 Å². The molecule has 0 saturated carbocycles. The van der Waals surface area contributed by atoms with Crippen LogP contribution >= 0.6 is 11.3 Å². The smallest absolute Gasteiger partial charge is 0.183 e. The van der Waals surface area contributed by atoms with Gasteiger partial charge in [0.2, 0.25) is 0 Å². The lowest BCUT2D eigenvalue weighted by Crippen LogP contribution is -1.92. The van der Waals surface area contributed by atoms with Crippen LogP contribution < -0.4 is 5.32 Å². The summed E-state index contributed by atoms with van der Waals surface area (Å²) in [5, 5.41) is 8.36. The van der Waals surface area contributed by atoms with Crippen LogP contribution in [0.25, 0.3) is 16.1 Å². The van der Waals surface area contributed by atoms with Crippen molar-refractivity contribution < 1.29 is 0 Å². The molecule has 86 valence electrons. The molecular formula is C12H12N4S. The summed E-state index contributed by atoms with van der Waals surface area (Å²) in [6.07, 6.45) is 1.81. The van der Waals surface area contributed by atoms with E-state index < -0.39 is 0 Å². The van der Waals surface area contributed by atoms with Gasteiger partial charge in [-0.1, -0.05) is 17.4 Å². The predicted octanol–water partition coefficient (Wildman–Crippen LogP) is 2.81. The van der Waals surface area contributed by atoms with Crippen LogP contribution in [-0.2, 0) is 0 Å². The summed E-state index contributed by atoms with van der Waals surface area (Å²) in [6, 6.07) is 8.16. The number of nitrogens with one attached hydrogen (secondary N) is 1. The largest absolute Gasteiger partial charge is 0.365 e. The van der Waals surface area contributed by atoms with Gasteiger partial charge in [-0.3, -0.25) is 0 Å². The lowest BCUT2D eigenvalue weighted by molar-refractivity contribution is 0.970. The SMILES string of the molecule is CNc1nc(C)c(-c2cccc3ccnn23)s1. The molecule has 3 rings (SSSR count). The molecular weight excluding hydrogens is 232 g/mol. The normalized spacial score (nSPS) is 10.9. The Bertz CT molecular complexity index is 668. The second-order valence-electron chi connectivity index (χ2n) is 3.76. The first kappa shape index (κ1) is 10.3. The highest BCUT2D eigenvalue weighted by atomic mass is 32.1. The maximum absolute atomic E-state index is 4.46. The monoisotopic (exact) mass is 244 g/mol. The molecule has 0 saturated heterocycles. The molecule has 0 aromatic carbocycles. The average Bonchev–Trinajstić information content (AvgIpc) is 2.94. The highest BCUT2D eigenvalue weighted by Crippen LogP contribution is 2.32. The Morgan fingerprint density at radius 1 is 1.29 bits per heavy atom. The van der Waals surface area contributed by atoms with Gasteiger partial charge in [0.05, 0.1) is 28.0 Å². The number of fused-ring (bicyclic) bond motifs is 1. The number of hydrogen-bond acceptors (Lipinski definition) is 4. The third-order valence-electron chi connectivity index (χ3n) is 2.66. The van der Waals surface area contributed by atoms with E-state index in [2.05, 4.69) is 21.5 Å². The zero-order valence-electron chi connectivity index (χ0n) is 9.64. The van der Waals surface area contributed by atoms with E-state index in [1.807, 2.05) is 42.9 Å². The number of anilines is 1. The van der Waals surface area contributed by atoms with E-state index >= 15 is 0 Å². The van der Waals surface area contributed by atoms with Crippen molar-refractivity contribution in [2.75, 3.05) is 12.4 Å². The van der Waals surface area contributed by atoms with Crippen molar-refractivity contribution in [3.8, 4) is 10.6 Å². The van der Waals surface area contributed by atoms with E-state index in [4.69, 9.17) is 0 Å². The number of aromatic nitrogens is 3. The third kappa shape index (κ3) is 1.59. The van der Waals surface area contributed by atoms with Crippen LogP contribution in [0.5, 0.6) is 0 Å². The summed E-state index contributed by atoms with van der Waals surface area (Å²) in [6.45, 7) is 2.02. The molecule has 3 aromatic rings. The summed E-state index contributed by atoms with van der Waals surface area (Å²) in [5.74, 6) is 0. The number of pyridine rings is 1. The quantitative estimate of drug-likeness (QED) is 0.753. The maximum atomic E-state index is 4.46. The zero-order valence-corrected chi connectivity index (χ0v) is 10.5. The summed E-state index contributed by atoms with van der Waals surface area (Å²) < 4.78 is 1.94. The summed E-state index contributed by atoms with van der Waals surface area (Å²) in [5.41, 5.74) is 3.22. The highest BCUT2D eigenvalue weighted by Gasteiger charge is 2.12. The molecule has 0 bridgehead atoms. The Hall–Kier alpha value is -1.88. The number of thiazole rings is 1. The van der Waals surface area contributed by atoms with Crippen molar-refractivity contribution in [1.82, 2.24) is 14.6 Å². The van der Waals surface area contributed by atoms with Crippen LogP contribution in [-0.4, -0.2) is 21.6 Å². The van der Waals surface area contributed by atoms with Crippen LogP contribution in [0.1, 0.15) is 5.69 Å². The molecule has 0 radical (unpaired) electrons. The zero-order chi connectivity index (χ0) is 11.8. The Morgan fingerprint density at radius 3 is 2.94 bits per heavy atom. The fraction of sp³-hybridized carbons (Fsp3) is 0.167. The molecule has 17 heavy (non-hydrogen) atoms. The predicted molar refractivity (Wildman–Crippen MR) is 70.6 cm³/mol. The summed E-state index contributed by atoms with van der Waals surface area (Å²) in [7, 11) is 1.89. The van der Waals surface area contributed by atoms with Crippen molar-refractivity contribution in [2.45, 2.75) is 6.92 Å². The lowest BCUT2D eigenvalue weighted by atomic mass is 10.2. The molecule has 5 heteroatoms. The molecule has 0 unspecified atom stereocenters. The number of aryl methyl sites for hydroxylation is 1. The molecule has 1 N–H and O–H groups in total. The van der Waals surface area contributed by atoms with Gasteiger partial charge in [0.1, 0.15) is 0 Å². The third-order valence-corrected chi connectivity index (χ3v) is 3.86. The van der Waals surface area contributed by atoms with Gasteiger partial charge in [0.15, 0.2) is 5.13 Å². The van der Waals surface area contributed by atoms with Crippen molar-refractivity contribution in [3.05, 3.63) is 36.2 Å². The number of nitrogens with zero attached hydrogens (tertiary/aromatic N) is 3. The standard InChI is InChI=1S/C12H12N4S/c1-8-11(17-12(13-2)15-8)10-5-3-4-9-6-7-14-16(9)10/h3-7H,1-2H3,(H,13,15). The molecule has 0 aliphatic rings. The second-order valence-corrected chi connectivity index (χ2v) is 4.76. The van der Waals surface area contributed by atoms with E-state index in [0.29, 0.717) is 0 Å². The number of rotatable bonds is 2. The Morgan fingerprint density at radius 2 is 2.18 bits per heavy atom. The van der Waals surface area contributed by atoms with E-state index in [0.717, 1.165) is 26.9 Å². The fourth-order valence-corrected chi connectivity index (χ4v) is 2.79. The Kier molecular flexibility index (Phi) is 2.33. The summed E-state index contributed by atoms with van der Waals surface area (Å²) in [4.78, 5) is 5.62. The van der Waals surface area contributed by atoms with Gasteiger partial charge >= 0.3 is 0 Å². The fourth-order valence-electron chi connectivity index (χ4n) is 1.86. The first-order valence-electron chi connectivity index (χ1n) is 5.38. The minimum absolute atomic E-state index is 0.932. The Labute approximate surface area is 103 Å². The minimum atomic E-state index is 0.932. The van der Waals surface area contributed by atoms with Crippen LogP contribution in [0.4, 0.5) is 5.13 Å². The van der Waals surface area contributed by atoms with Crippen LogP contribution in [0.3, 0.4) is 0 Å². The van der Waals surface area contributed by atoms with Crippen molar-refractivity contribution in [3.63, 3.8) is 0 Å². The van der Waals surface area contributed by atoms with Gasteiger partial charge in [-0.25, -0.2) is 9.50 Å². The van der Waals surface area contributed by atoms with Gasteiger partial charge in [-0.05, 0) is 25.1 Å². The second kappa shape index (κ2) is 3.85. The van der Waals surface area contributed by atoms with Crippen LogP contribution in [0.15, 0.2) is 30.5 Å². The molecule has 0 atom stereocenters. The molecule has 0 amide bonds. The lowest BCUT2D eigenvalue weighted by Gasteiger charge is -2.02. The molecule has 0 aliphatic carbocycles. The van der Waals surface area contributed by atoms with E-state index in [1.54, 1.807) is 11.3 Å². The first-order chi connectivity index (χ1) is 8.29. The molecule has 0 fully saturated rings. The molecule has 4 nitrogen and oxygen atoms in total. The van der Waals surface area contributed by atoms with Gasteiger partial charge < -0.3 is 5.32 Å². The van der Waals surface area contributed by atoms with Gasteiger partial charge in [-0.2, -0.15) is 5.10 Å². The van der Waals surface area contributed by atoms with Gasteiger partial charge in [0, 0.05) is 7.05 Å². The molecule has 0 aliphatic heterocycles. The topological polar surface area (TPSA) is 42.2 Å². The van der Waals surface area contributed by atoms with Crippen LogP contribution in [0.2, 0.25) is 0 Å². The van der Waals surface area contributed by atoms with Gasteiger partial charge in [-0.15, -0.1) is 0 Å². The highest BCUT2D eigenvalue weighted by molar-refractivity contribution is 7.19. The molecule has 0 spiro atoms. The average molecular weight is 244 g/mol. The first-order valence-corrected chi connectivity index (χ1v) is 6.19. The van der Waals surface area contributed by atoms with Crippen molar-refractivity contribution >= 4 is 22.0 Å². The van der Waals surface area contributed by atoms with Gasteiger partial charge in [0.25, 0.3) is 0 Å².